The molecule has 1 aromatic heterocycles. The standard InChI is InChI=1S/C12H20N2O2S/c1-4-10(5-2)8-13-11-6-7-12(14-9-11)17(3,15)16/h6-7,9-10,13H,4-5,8H2,1-3H3. The number of sulfone groups is 1. The number of pyridine rings is 1. The summed E-state index contributed by atoms with van der Waals surface area (Å²) in [7, 11) is -3.20. The van der Waals surface area contributed by atoms with E-state index in [2.05, 4.69) is 24.1 Å². The Hall–Kier alpha value is -1.10. The molecule has 96 valence electrons. The molecule has 0 atom stereocenters. The van der Waals surface area contributed by atoms with Gasteiger partial charge < -0.3 is 5.32 Å². The van der Waals surface area contributed by atoms with E-state index in [0.29, 0.717) is 5.92 Å². The molecule has 0 radical (unpaired) electrons. The summed E-state index contributed by atoms with van der Waals surface area (Å²) in [6.07, 6.45) is 5.00. The summed E-state index contributed by atoms with van der Waals surface area (Å²) in [5.74, 6) is 0.643. The van der Waals surface area contributed by atoms with Crippen LogP contribution >= 0.6 is 0 Å². The van der Waals surface area contributed by atoms with E-state index in [-0.39, 0.29) is 5.03 Å². The second-order valence-electron chi connectivity index (χ2n) is 4.22. The van der Waals surface area contributed by atoms with E-state index in [1.807, 2.05) is 0 Å². The van der Waals surface area contributed by atoms with Crippen molar-refractivity contribution in [2.24, 2.45) is 5.92 Å². The van der Waals surface area contributed by atoms with Crippen LogP contribution in [0.1, 0.15) is 26.7 Å². The Bertz CT molecular complexity index is 436. The summed E-state index contributed by atoms with van der Waals surface area (Å²) in [5.41, 5.74) is 0.865. The van der Waals surface area contributed by atoms with E-state index in [9.17, 15) is 8.42 Å². The van der Waals surface area contributed by atoms with Gasteiger partial charge in [-0.1, -0.05) is 26.7 Å². The third kappa shape index (κ3) is 4.34. The molecule has 1 aromatic rings. The van der Waals surface area contributed by atoms with Crippen molar-refractivity contribution in [2.45, 2.75) is 31.7 Å². The van der Waals surface area contributed by atoms with Gasteiger partial charge >= 0.3 is 0 Å². The molecule has 0 saturated carbocycles. The Morgan fingerprint density at radius 3 is 2.35 bits per heavy atom. The van der Waals surface area contributed by atoms with Crippen molar-refractivity contribution >= 4 is 15.5 Å². The molecular weight excluding hydrogens is 236 g/mol. The maximum absolute atomic E-state index is 11.2. The fourth-order valence-corrected chi connectivity index (χ4v) is 2.10. The number of hydrogen-bond acceptors (Lipinski definition) is 4. The molecule has 0 spiro atoms. The highest BCUT2D eigenvalue weighted by Gasteiger charge is 2.08. The molecule has 0 saturated heterocycles. The first-order chi connectivity index (χ1) is 7.97. The predicted molar refractivity (Wildman–Crippen MR) is 69.9 cm³/mol. The molecule has 0 bridgehead atoms. The van der Waals surface area contributed by atoms with Gasteiger partial charge in [-0.25, -0.2) is 13.4 Å². The summed E-state index contributed by atoms with van der Waals surface area (Å²) in [5, 5.41) is 3.38. The first kappa shape index (κ1) is 14.0. The Labute approximate surface area is 103 Å². The van der Waals surface area contributed by atoms with E-state index < -0.39 is 9.84 Å². The maximum atomic E-state index is 11.2. The highest BCUT2D eigenvalue weighted by molar-refractivity contribution is 7.90. The lowest BCUT2D eigenvalue weighted by Gasteiger charge is -2.14. The molecule has 1 heterocycles. The summed E-state index contributed by atoms with van der Waals surface area (Å²) in [4.78, 5) is 3.93. The van der Waals surface area contributed by atoms with Crippen molar-refractivity contribution in [3.05, 3.63) is 18.3 Å². The molecule has 0 amide bonds. The minimum Gasteiger partial charge on any atom is -0.384 e. The quantitative estimate of drug-likeness (QED) is 0.848. The van der Waals surface area contributed by atoms with E-state index in [1.165, 1.54) is 6.07 Å². The van der Waals surface area contributed by atoms with Gasteiger partial charge in [0.25, 0.3) is 0 Å². The monoisotopic (exact) mass is 256 g/mol. The van der Waals surface area contributed by atoms with E-state index in [1.54, 1.807) is 12.3 Å². The van der Waals surface area contributed by atoms with Crippen molar-refractivity contribution in [1.29, 1.82) is 0 Å². The van der Waals surface area contributed by atoms with Crippen LogP contribution in [0.15, 0.2) is 23.4 Å². The Kier molecular flexibility index (Phi) is 4.93. The van der Waals surface area contributed by atoms with Gasteiger partial charge in [0, 0.05) is 12.8 Å². The minimum absolute atomic E-state index is 0.116. The molecule has 1 N–H and O–H groups in total. The third-order valence-corrected chi connectivity index (χ3v) is 3.87. The predicted octanol–water partition coefficient (Wildman–Crippen LogP) is 2.33. The van der Waals surface area contributed by atoms with Crippen LogP contribution in [0.4, 0.5) is 5.69 Å². The van der Waals surface area contributed by atoms with Crippen LogP contribution in [0, 0.1) is 5.92 Å². The average Bonchev–Trinajstić information content (AvgIpc) is 2.30. The van der Waals surface area contributed by atoms with Crippen molar-refractivity contribution in [2.75, 3.05) is 18.1 Å². The summed E-state index contributed by atoms with van der Waals surface area (Å²) < 4.78 is 22.4. The zero-order valence-corrected chi connectivity index (χ0v) is 11.4. The fraction of sp³-hybridized carbons (Fsp3) is 0.583. The van der Waals surface area contributed by atoms with Gasteiger partial charge in [0.2, 0.25) is 0 Å². The number of aromatic nitrogens is 1. The van der Waals surface area contributed by atoms with Crippen LogP contribution in [0.2, 0.25) is 0 Å². The molecule has 4 nitrogen and oxygen atoms in total. The van der Waals surface area contributed by atoms with Crippen molar-refractivity contribution in [3.63, 3.8) is 0 Å². The zero-order chi connectivity index (χ0) is 12.9. The minimum atomic E-state index is -3.20. The van der Waals surface area contributed by atoms with Gasteiger partial charge in [0.1, 0.15) is 0 Å². The fourth-order valence-electron chi connectivity index (χ4n) is 1.54. The number of hydrogen-bond donors (Lipinski definition) is 1. The van der Waals surface area contributed by atoms with Gasteiger partial charge in [-0.2, -0.15) is 0 Å². The van der Waals surface area contributed by atoms with Crippen LogP contribution in [-0.2, 0) is 9.84 Å². The molecule has 0 aliphatic carbocycles. The normalized spacial score (nSPS) is 11.8. The topological polar surface area (TPSA) is 59.1 Å². The second-order valence-corrected chi connectivity index (χ2v) is 6.18. The molecule has 0 aliphatic heterocycles. The summed E-state index contributed by atoms with van der Waals surface area (Å²) in [6.45, 7) is 5.23. The molecule has 1 rings (SSSR count). The highest BCUT2D eigenvalue weighted by atomic mass is 32.2. The van der Waals surface area contributed by atoms with E-state index in [0.717, 1.165) is 31.3 Å². The molecule has 0 aromatic carbocycles. The van der Waals surface area contributed by atoms with Gasteiger partial charge in [-0.15, -0.1) is 0 Å². The van der Waals surface area contributed by atoms with Crippen molar-refractivity contribution in [1.82, 2.24) is 4.98 Å². The molecule has 0 unspecified atom stereocenters. The van der Waals surface area contributed by atoms with E-state index in [4.69, 9.17) is 0 Å². The Balaban J connectivity index is 2.63. The van der Waals surface area contributed by atoms with Crippen molar-refractivity contribution in [3.8, 4) is 0 Å². The Morgan fingerprint density at radius 1 is 1.29 bits per heavy atom. The number of rotatable bonds is 6. The zero-order valence-electron chi connectivity index (χ0n) is 10.6. The lowest BCUT2D eigenvalue weighted by Crippen LogP contribution is -2.13. The molecule has 17 heavy (non-hydrogen) atoms. The largest absolute Gasteiger partial charge is 0.384 e. The lowest BCUT2D eigenvalue weighted by atomic mass is 10.0. The van der Waals surface area contributed by atoms with Crippen LogP contribution in [0.5, 0.6) is 0 Å². The third-order valence-electron chi connectivity index (χ3n) is 2.87. The number of nitrogens with one attached hydrogen (secondary N) is 1. The highest BCUT2D eigenvalue weighted by Crippen LogP contribution is 2.13. The first-order valence-corrected chi connectivity index (χ1v) is 7.76. The van der Waals surface area contributed by atoms with E-state index >= 15 is 0 Å². The molecule has 0 fully saturated rings. The Morgan fingerprint density at radius 2 is 1.94 bits per heavy atom. The lowest BCUT2D eigenvalue weighted by molar-refractivity contribution is 0.519. The van der Waals surface area contributed by atoms with Gasteiger partial charge in [-0.3, -0.25) is 0 Å². The SMILES string of the molecule is CCC(CC)CNc1ccc(S(C)(=O)=O)nc1. The number of nitrogens with zero attached hydrogens (tertiary/aromatic N) is 1. The van der Waals surface area contributed by atoms with Crippen LogP contribution in [-0.4, -0.2) is 26.2 Å². The number of anilines is 1. The summed E-state index contributed by atoms with van der Waals surface area (Å²) >= 11 is 0. The molecule has 0 aliphatic rings. The second kappa shape index (κ2) is 6.00. The smallest absolute Gasteiger partial charge is 0.192 e. The summed E-state index contributed by atoms with van der Waals surface area (Å²) in [6, 6.07) is 3.29. The van der Waals surface area contributed by atoms with Gasteiger partial charge in [0.05, 0.1) is 11.9 Å². The first-order valence-electron chi connectivity index (χ1n) is 5.87. The maximum Gasteiger partial charge on any atom is 0.192 e. The van der Waals surface area contributed by atoms with Gasteiger partial charge in [0.15, 0.2) is 14.9 Å². The van der Waals surface area contributed by atoms with Crippen molar-refractivity contribution < 1.29 is 8.42 Å². The molecule has 5 heteroatoms. The van der Waals surface area contributed by atoms with Crippen LogP contribution in [0.25, 0.3) is 0 Å². The van der Waals surface area contributed by atoms with Crippen LogP contribution in [0.3, 0.4) is 0 Å². The van der Waals surface area contributed by atoms with Gasteiger partial charge in [-0.05, 0) is 18.1 Å². The average molecular weight is 256 g/mol. The van der Waals surface area contributed by atoms with Crippen LogP contribution < -0.4 is 5.32 Å². The molecular formula is C12H20N2O2S.